The SMILES string of the molecule is CCCNC(CCS(C)(=O)=O)Cc1c(Cl)cccc1Cl. The van der Waals surface area contributed by atoms with Crippen molar-refractivity contribution < 1.29 is 8.42 Å². The Morgan fingerprint density at radius 3 is 2.35 bits per heavy atom. The second-order valence-corrected chi connectivity index (χ2v) is 8.05. The van der Waals surface area contributed by atoms with E-state index in [1.54, 1.807) is 18.2 Å². The normalized spacial score (nSPS) is 13.4. The van der Waals surface area contributed by atoms with Crippen molar-refractivity contribution >= 4 is 33.0 Å². The Morgan fingerprint density at radius 1 is 1.25 bits per heavy atom. The lowest BCUT2D eigenvalue weighted by Gasteiger charge is -2.19. The molecule has 0 spiro atoms. The summed E-state index contributed by atoms with van der Waals surface area (Å²) in [6, 6.07) is 5.47. The maximum atomic E-state index is 11.3. The third-order valence-electron chi connectivity index (χ3n) is 3.03. The molecular formula is C14H21Cl2NO2S. The van der Waals surface area contributed by atoms with Gasteiger partial charge in [0.2, 0.25) is 0 Å². The third kappa shape index (κ3) is 6.44. The van der Waals surface area contributed by atoms with E-state index >= 15 is 0 Å². The lowest BCUT2D eigenvalue weighted by atomic mass is 10.0. The van der Waals surface area contributed by atoms with Crippen molar-refractivity contribution in [2.45, 2.75) is 32.2 Å². The second kappa shape index (κ2) is 8.23. The van der Waals surface area contributed by atoms with E-state index in [0.717, 1.165) is 18.5 Å². The number of halogens is 2. The molecule has 1 N–H and O–H groups in total. The van der Waals surface area contributed by atoms with Crippen molar-refractivity contribution in [1.82, 2.24) is 5.32 Å². The van der Waals surface area contributed by atoms with Crippen molar-refractivity contribution in [2.75, 3.05) is 18.6 Å². The summed E-state index contributed by atoms with van der Waals surface area (Å²) in [4.78, 5) is 0. The van der Waals surface area contributed by atoms with Crippen LogP contribution in [0, 0.1) is 0 Å². The Labute approximate surface area is 131 Å². The monoisotopic (exact) mass is 337 g/mol. The molecule has 0 aliphatic carbocycles. The van der Waals surface area contributed by atoms with Crippen molar-refractivity contribution in [3.05, 3.63) is 33.8 Å². The van der Waals surface area contributed by atoms with E-state index in [1.807, 2.05) is 0 Å². The molecule has 1 rings (SSSR count). The van der Waals surface area contributed by atoms with E-state index in [0.29, 0.717) is 22.9 Å². The maximum absolute atomic E-state index is 11.3. The van der Waals surface area contributed by atoms with Gasteiger partial charge < -0.3 is 5.32 Å². The van der Waals surface area contributed by atoms with Crippen LogP contribution in [0.15, 0.2) is 18.2 Å². The highest BCUT2D eigenvalue weighted by atomic mass is 35.5. The average molecular weight is 338 g/mol. The summed E-state index contributed by atoms with van der Waals surface area (Å²) >= 11 is 12.3. The van der Waals surface area contributed by atoms with E-state index in [1.165, 1.54) is 6.26 Å². The van der Waals surface area contributed by atoms with Crippen LogP contribution in [0.3, 0.4) is 0 Å². The minimum Gasteiger partial charge on any atom is -0.314 e. The molecule has 0 saturated heterocycles. The molecule has 1 aromatic rings. The predicted molar refractivity (Wildman–Crippen MR) is 86.6 cm³/mol. The zero-order valence-corrected chi connectivity index (χ0v) is 14.2. The highest BCUT2D eigenvalue weighted by Crippen LogP contribution is 2.26. The Bertz CT molecular complexity index is 512. The van der Waals surface area contributed by atoms with Crippen molar-refractivity contribution in [2.24, 2.45) is 0 Å². The van der Waals surface area contributed by atoms with Crippen LogP contribution in [0.5, 0.6) is 0 Å². The fourth-order valence-electron chi connectivity index (χ4n) is 1.95. The lowest BCUT2D eigenvalue weighted by molar-refractivity contribution is 0.492. The molecule has 114 valence electrons. The molecule has 0 amide bonds. The highest BCUT2D eigenvalue weighted by molar-refractivity contribution is 7.90. The molecule has 0 aromatic heterocycles. The van der Waals surface area contributed by atoms with Gasteiger partial charge in [-0.25, -0.2) is 8.42 Å². The molecule has 20 heavy (non-hydrogen) atoms. The number of hydrogen-bond acceptors (Lipinski definition) is 3. The Kier molecular flexibility index (Phi) is 7.30. The number of sulfone groups is 1. The molecule has 0 aliphatic heterocycles. The molecular weight excluding hydrogens is 317 g/mol. The van der Waals surface area contributed by atoms with Crippen LogP contribution in [0.2, 0.25) is 10.0 Å². The van der Waals surface area contributed by atoms with Crippen LogP contribution in [0.1, 0.15) is 25.3 Å². The number of rotatable bonds is 8. The van der Waals surface area contributed by atoms with Crippen molar-refractivity contribution in [3.63, 3.8) is 0 Å². The van der Waals surface area contributed by atoms with Gasteiger partial charge in [0.15, 0.2) is 0 Å². The molecule has 6 heteroatoms. The zero-order chi connectivity index (χ0) is 15.2. The van der Waals surface area contributed by atoms with Gasteiger partial charge in [0.1, 0.15) is 9.84 Å². The molecule has 0 radical (unpaired) electrons. The smallest absolute Gasteiger partial charge is 0.147 e. The van der Waals surface area contributed by atoms with E-state index in [2.05, 4.69) is 12.2 Å². The minimum absolute atomic E-state index is 0.0575. The summed E-state index contributed by atoms with van der Waals surface area (Å²) in [5.74, 6) is 0.163. The van der Waals surface area contributed by atoms with Gasteiger partial charge in [-0.15, -0.1) is 0 Å². The first-order valence-electron chi connectivity index (χ1n) is 6.67. The summed E-state index contributed by atoms with van der Waals surface area (Å²) in [6.45, 7) is 2.92. The van der Waals surface area contributed by atoms with Gasteiger partial charge in [-0.2, -0.15) is 0 Å². The summed E-state index contributed by atoms with van der Waals surface area (Å²) in [5.41, 5.74) is 0.873. The van der Waals surface area contributed by atoms with E-state index in [9.17, 15) is 8.42 Å². The first-order chi connectivity index (χ1) is 9.33. The van der Waals surface area contributed by atoms with Crippen LogP contribution >= 0.6 is 23.2 Å². The summed E-state index contributed by atoms with van der Waals surface area (Å²) in [6.07, 6.45) is 3.44. The molecule has 1 aromatic carbocycles. The van der Waals surface area contributed by atoms with Crippen LogP contribution < -0.4 is 5.32 Å². The fraction of sp³-hybridized carbons (Fsp3) is 0.571. The largest absolute Gasteiger partial charge is 0.314 e. The molecule has 1 atom stereocenters. The Morgan fingerprint density at radius 2 is 1.85 bits per heavy atom. The van der Waals surface area contributed by atoms with Gasteiger partial charge in [-0.05, 0) is 43.5 Å². The third-order valence-corrected chi connectivity index (χ3v) is 4.72. The zero-order valence-electron chi connectivity index (χ0n) is 11.8. The standard InChI is InChI=1S/C14H21Cl2NO2S/c1-3-8-17-11(7-9-20(2,18)19)10-12-13(15)5-4-6-14(12)16/h4-6,11,17H,3,7-10H2,1-2H3. The van der Waals surface area contributed by atoms with E-state index in [-0.39, 0.29) is 11.8 Å². The van der Waals surface area contributed by atoms with Gasteiger partial charge >= 0.3 is 0 Å². The molecule has 0 saturated carbocycles. The van der Waals surface area contributed by atoms with Gasteiger partial charge in [0, 0.05) is 22.3 Å². The summed E-state index contributed by atoms with van der Waals surface area (Å²) < 4.78 is 22.6. The number of hydrogen-bond donors (Lipinski definition) is 1. The minimum atomic E-state index is -2.96. The van der Waals surface area contributed by atoms with Gasteiger partial charge in [-0.1, -0.05) is 36.2 Å². The van der Waals surface area contributed by atoms with Crippen molar-refractivity contribution in [3.8, 4) is 0 Å². The maximum Gasteiger partial charge on any atom is 0.147 e. The molecule has 1 unspecified atom stereocenters. The van der Waals surface area contributed by atoms with E-state index < -0.39 is 9.84 Å². The highest BCUT2D eigenvalue weighted by Gasteiger charge is 2.15. The molecule has 0 bridgehead atoms. The molecule has 0 fully saturated rings. The first-order valence-corrected chi connectivity index (χ1v) is 9.49. The van der Waals surface area contributed by atoms with E-state index in [4.69, 9.17) is 23.2 Å². The van der Waals surface area contributed by atoms with Gasteiger partial charge in [-0.3, -0.25) is 0 Å². The topological polar surface area (TPSA) is 46.2 Å². The quantitative estimate of drug-likeness (QED) is 0.791. The summed E-state index contributed by atoms with van der Waals surface area (Å²) in [5, 5.41) is 4.61. The van der Waals surface area contributed by atoms with Crippen LogP contribution in [0.4, 0.5) is 0 Å². The van der Waals surface area contributed by atoms with Crippen LogP contribution in [0.25, 0.3) is 0 Å². The Balaban J connectivity index is 2.78. The van der Waals surface area contributed by atoms with Gasteiger partial charge in [0.25, 0.3) is 0 Å². The van der Waals surface area contributed by atoms with Crippen LogP contribution in [-0.4, -0.2) is 33.0 Å². The molecule has 3 nitrogen and oxygen atoms in total. The summed E-state index contributed by atoms with van der Waals surface area (Å²) in [7, 11) is -2.96. The number of nitrogens with one attached hydrogen (secondary N) is 1. The first kappa shape index (κ1) is 17.8. The average Bonchev–Trinajstić information content (AvgIpc) is 2.35. The second-order valence-electron chi connectivity index (χ2n) is 4.97. The lowest BCUT2D eigenvalue weighted by Crippen LogP contribution is -2.33. The van der Waals surface area contributed by atoms with Crippen molar-refractivity contribution in [1.29, 1.82) is 0 Å². The van der Waals surface area contributed by atoms with Gasteiger partial charge in [0.05, 0.1) is 5.75 Å². The van der Waals surface area contributed by atoms with Crippen LogP contribution in [-0.2, 0) is 16.3 Å². The molecule has 0 aliphatic rings. The molecule has 0 heterocycles. The predicted octanol–water partition coefficient (Wildman–Crippen LogP) is 3.34. The number of benzene rings is 1. The fourth-order valence-corrected chi connectivity index (χ4v) is 3.22. The Hall–Kier alpha value is -0.290.